The summed E-state index contributed by atoms with van der Waals surface area (Å²) in [7, 11) is 2.21. The molecule has 4 heteroatoms. The molecule has 0 saturated carbocycles. The maximum absolute atomic E-state index is 4.03. The zero-order chi connectivity index (χ0) is 19.2. The molecule has 0 radical (unpaired) electrons. The molecule has 0 spiro atoms. The molecule has 27 heavy (non-hydrogen) atoms. The highest BCUT2D eigenvalue weighted by molar-refractivity contribution is 5.90. The molecule has 0 atom stereocenters. The van der Waals surface area contributed by atoms with Gasteiger partial charge in [0, 0.05) is 42.4 Å². The molecule has 0 fully saturated rings. The standard InChI is InChI=1S/C23H28N4/c1-16(17-8-10-24-25-13-17)14-27-21-7-6-18(23(2,3)4)12-19(21)20-15-26(5)11-9-22(20)27/h6-8,10,12-14H,9,11,15H2,1-5H3/b16-14+. The lowest BCUT2D eigenvalue weighted by atomic mass is 9.86. The lowest BCUT2D eigenvalue weighted by molar-refractivity contribution is 0.312. The van der Waals surface area contributed by atoms with Crippen LogP contribution >= 0.6 is 0 Å². The van der Waals surface area contributed by atoms with Crippen LogP contribution in [0.25, 0.3) is 22.7 Å². The van der Waals surface area contributed by atoms with E-state index in [9.17, 15) is 0 Å². The van der Waals surface area contributed by atoms with Crippen LogP contribution in [0.1, 0.15) is 50.1 Å². The van der Waals surface area contributed by atoms with Gasteiger partial charge in [0.1, 0.15) is 0 Å². The van der Waals surface area contributed by atoms with Crippen molar-refractivity contribution in [3.8, 4) is 0 Å². The summed E-state index contributed by atoms with van der Waals surface area (Å²) in [6.45, 7) is 11.1. The first-order valence-corrected chi connectivity index (χ1v) is 9.65. The van der Waals surface area contributed by atoms with Gasteiger partial charge in [-0.3, -0.25) is 0 Å². The molecule has 2 aromatic heterocycles. The lowest BCUT2D eigenvalue weighted by Crippen LogP contribution is -2.26. The Morgan fingerprint density at radius 3 is 2.67 bits per heavy atom. The highest BCUT2D eigenvalue weighted by Gasteiger charge is 2.23. The number of fused-ring (bicyclic) bond motifs is 3. The Morgan fingerprint density at radius 1 is 1.15 bits per heavy atom. The van der Waals surface area contributed by atoms with E-state index in [1.807, 2.05) is 12.3 Å². The fraction of sp³-hybridized carbons (Fsp3) is 0.391. The van der Waals surface area contributed by atoms with E-state index in [-0.39, 0.29) is 5.41 Å². The van der Waals surface area contributed by atoms with Crippen LogP contribution in [-0.2, 0) is 18.4 Å². The number of aromatic nitrogens is 3. The van der Waals surface area contributed by atoms with Gasteiger partial charge in [-0.15, -0.1) is 0 Å². The molecule has 0 amide bonds. The Bertz CT molecular complexity index is 1010. The summed E-state index contributed by atoms with van der Waals surface area (Å²) in [4.78, 5) is 2.42. The minimum absolute atomic E-state index is 0.151. The van der Waals surface area contributed by atoms with Crippen molar-refractivity contribution >= 4 is 22.7 Å². The number of allylic oxidation sites excluding steroid dienone is 1. The van der Waals surface area contributed by atoms with E-state index < -0.39 is 0 Å². The van der Waals surface area contributed by atoms with Gasteiger partial charge < -0.3 is 9.47 Å². The summed E-state index contributed by atoms with van der Waals surface area (Å²) in [5.74, 6) is 0. The van der Waals surface area contributed by atoms with Crippen molar-refractivity contribution < 1.29 is 0 Å². The molecular formula is C23H28N4. The van der Waals surface area contributed by atoms with Crippen LogP contribution in [0.2, 0.25) is 0 Å². The van der Waals surface area contributed by atoms with Crippen LogP contribution in [0.4, 0.5) is 0 Å². The average Bonchev–Trinajstić information content (AvgIpc) is 2.94. The van der Waals surface area contributed by atoms with Gasteiger partial charge in [0.15, 0.2) is 0 Å². The number of likely N-dealkylation sites (N-methyl/N-ethyl adjacent to an activating group) is 1. The number of nitrogens with zero attached hydrogens (tertiary/aromatic N) is 4. The van der Waals surface area contributed by atoms with E-state index in [0.717, 1.165) is 25.1 Å². The van der Waals surface area contributed by atoms with Crippen molar-refractivity contribution in [2.75, 3.05) is 13.6 Å². The molecule has 0 saturated heterocycles. The van der Waals surface area contributed by atoms with Crippen LogP contribution in [0, 0.1) is 0 Å². The van der Waals surface area contributed by atoms with Gasteiger partial charge in [0.2, 0.25) is 0 Å². The van der Waals surface area contributed by atoms with Gasteiger partial charge in [-0.1, -0.05) is 26.8 Å². The Morgan fingerprint density at radius 2 is 1.96 bits per heavy atom. The van der Waals surface area contributed by atoms with Crippen molar-refractivity contribution in [2.24, 2.45) is 0 Å². The Hall–Kier alpha value is -2.46. The molecule has 0 aliphatic carbocycles. The maximum Gasteiger partial charge on any atom is 0.0571 e. The summed E-state index contributed by atoms with van der Waals surface area (Å²) in [6, 6.07) is 9.00. The number of hydrogen-bond acceptors (Lipinski definition) is 3. The average molecular weight is 361 g/mol. The van der Waals surface area contributed by atoms with Crippen LogP contribution in [-0.4, -0.2) is 33.3 Å². The largest absolute Gasteiger partial charge is 0.320 e. The second-order valence-corrected chi connectivity index (χ2v) is 8.71. The van der Waals surface area contributed by atoms with Crippen molar-refractivity contribution in [1.29, 1.82) is 0 Å². The fourth-order valence-corrected chi connectivity index (χ4v) is 3.93. The quantitative estimate of drug-likeness (QED) is 0.662. The van der Waals surface area contributed by atoms with Gasteiger partial charge >= 0.3 is 0 Å². The number of benzene rings is 1. The van der Waals surface area contributed by atoms with Crippen molar-refractivity contribution in [3.63, 3.8) is 0 Å². The molecule has 1 aliphatic rings. The van der Waals surface area contributed by atoms with Crippen LogP contribution in [0.5, 0.6) is 0 Å². The van der Waals surface area contributed by atoms with E-state index in [4.69, 9.17) is 0 Å². The summed E-state index contributed by atoms with van der Waals surface area (Å²) in [6.07, 6.45) is 6.92. The van der Waals surface area contributed by atoms with Crippen LogP contribution < -0.4 is 0 Å². The van der Waals surface area contributed by atoms with Crippen LogP contribution in [0.3, 0.4) is 0 Å². The third-order valence-electron chi connectivity index (χ3n) is 5.61. The minimum atomic E-state index is 0.151. The maximum atomic E-state index is 4.03. The second-order valence-electron chi connectivity index (χ2n) is 8.71. The van der Waals surface area contributed by atoms with E-state index in [1.54, 1.807) is 6.20 Å². The zero-order valence-corrected chi connectivity index (χ0v) is 17.0. The molecule has 4 nitrogen and oxygen atoms in total. The van der Waals surface area contributed by atoms with Gasteiger partial charge in [0.25, 0.3) is 0 Å². The fourth-order valence-electron chi connectivity index (χ4n) is 3.93. The molecule has 3 aromatic rings. The Labute approximate surface area is 161 Å². The van der Waals surface area contributed by atoms with Crippen molar-refractivity contribution in [1.82, 2.24) is 19.7 Å². The predicted molar refractivity (Wildman–Crippen MR) is 113 cm³/mol. The van der Waals surface area contributed by atoms with E-state index in [0.29, 0.717) is 0 Å². The SMILES string of the molecule is C/C(=C\n1c2c(c3cc(C(C)(C)C)ccc31)CN(C)CC2)c1ccnnc1. The first-order chi connectivity index (χ1) is 12.8. The highest BCUT2D eigenvalue weighted by atomic mass is 15.1. The predicted octanol–water partition coefficient (Wildman–Crippen LogP) is 4.73. The van der Waals surface area contributed by atoms with E-state index in [2.05, 4.69) is 78.8 Å². The first kappa shape index (κ1) is 17.9. The van der Waals surface area contributed by atoms with Crippen molar-refractivity contribution in [2.45, 2.75) is 46.1 Å². The highest BCUT2D eigenvalue weighted by Crippen LogP contribution is 2.35. The van der Waals surface area contributed by atoms with E-state index in [1.165, 1.54) is 33.3 Å². The zero-order valence-electron chi connectivity index (χ0n) is 17.0. The molecular weight excluding hydrogens is 332 g/mol. The lowest BCUT2D eigenvalue weighted by Gasteiger charge is -2.24. The molecule has 1 aromatic carbocycles. The van der Waals surface area contributed by atoms with Gasteiger partial charge in [-0.2, -0.15) is 10.2 Å². The molecule has 0 N–H and O–H groups in total. The molecule has 1 aliphatic heterocycles. The smallest absolute Gasteiger partial charge is 0.0571 e. The summed E-state index contributed by atoms with van der Waals surface area (Å²) >= 11 is 0. The topological polar surface area (TPSA) is 34.0 Å². The van der Waals surface area contributed by atoms with Crippen LogP contribution in [0.15, 0.2) is 36.7 Å². The third-order valence-corrected chi connectivity index (χ3v) is 5.61. The van der Waals surface area contributed by atoms with Gasteiger partial charge in [0.05, 0.1) is 17.9 Å². The minimum Gasteiger partial charge on any atom is -0.320 e. The monoisotopic (exact) mass is 360 g/mol. The van der Waals surface area contributed by atoms with Gasteiger partial charge in [-0.25, -0.2) is 0 Å². The van der Waals surface area contributed by atoms with Crippen molar-refractivity contribution in [3.05, 3.63) is 59.0 Å². The summed E-state index contributed by atoms with van der Waals surface area (Å²) in [5.41, 5.74) is 8.06. The first-order valence-electron chi connectivity index (χ1n) is 9.65. The third kappa shape index (κ3) is 3.30. The molecule has 0 unspecified atom stereocenters. The normalized spacial score (nSPS) is 16.0. The van der Waals surface area contributed by atoms with Gasteiger partial charge in [-0.05, 0) is 54.3 Å². The van der Waals surface area contributed by atoms with E-state index >= 15 is 0 Å². The molecule has 4 rings (SSSR count). The molecule has 140 valence electrons. The summed E-state index contributed by atoms with van der Waals surface area (Å²) in [5, 5.41) is 9.31. The number of hydrogen-bond donors (Lipinski definition) is 0. The number of rotatable bonds is 2. The molecule has 0 bridgehead atoms. The summed E-state index contributed by atoms with van der Waals surface area (Å²) < 4.78 is 2.40. The Balaban J connectivity index is 1.93. The Kier molecular flexibility index (Phi) is 4.39. The molecule has 3 heterocycles. The second kappa shape index (κ2) is 6.61.